The number of H-pyrrole nitrogens is 1. The molecule has 150 valence electrons. The maximum Gasteiger partial charge on any atom is 0.342 e. The van der Waals surface area contributed by atoms with Crippen molar-refractivity contribution in [1.29, 1.82) is 0 Å². The maximum absolute atomic E-state index is 11.6. The molecule has 3 aromatic rings. The van der Waals surface area contributed by atoms with Crippen LogP contribution in [0.1, 0.15) is 30.5 Å². The highest BCUT2D eigenvalue weighted by Gasteiger charge is 2.16. The average molecular weight is 414 g/mol. The quantitative estimate of drug-likeness (QED) is 0.239. The van der Waals surface area contributed by atoms with E-state index in [-0.39, 0.29) is 10.6 Å². The number of hydrogen-bond donors (Lipinski definition) is 2. The van der Waals surface area contributed by atoms with E-state index >= 15 is 0 Å². The molecule has 0 radical (unpaired) electrons. The van der Waals surface area contributed by atoms with Crippen LogP contribution in [0.5, 0.6) is 0 Å². The lowest BCUT2D eigenvalue weighted by molar-refractivity contribution is -0.385. The van der Waals surface area contributed by atoms with Gasteiger partial charge in [0, 0.05) is 29.7 Å². The molecule has 2 aromatic heterocycles. The number of aryl methyl sites for hydroxylation is 2. The number of carboxylic acids is 1. The average Bonchev–Trinajstić information content (AvgIpc) is 3.31. The molecule has 3 rings (SSSR count). The predicted molar refractivity (Wildman–Crippen MR) is 107 cm³/mol. The van der Waals surface area contributed by atoms with E-state index in [4.69, 9.17) is 4.42 Å². The van der Waals surface area contributed by atoms with E-state index in [0.29, 0.717) is 33.6 Å². The number of nitrogens with zero attached hydrogens (tertiary/aromatic N) is 3. The molecule has 10 heteroatoms. The second-order valence-electron chi connectivity index (χ2n) is 6.19. The van der Waals surface area contributed by atoms with E-state index < -0.39 is 10.9 Å². The van der Waals surface area contributed by atoms with Gasteiger partial charge in [-0.25, -0.2) is 9.78 Å². The summed E-state index contributed by atoms with van der Waals surface area (Å²) in [5.74, 6) is 0.261. The number of aromatic nitrogens is 3. The zero-order valence-electron chi connectivity index (χ0n) is 15.7. The molecule has 0 amide bonds. The third-order valence-corrected chi connectivity index (χ3v) is 4.88. The summed E-state index contributed by atoms with van der Waals surface area (Å²) in [6.07, 6.45) is 2.99. The number of thioether (sulfide) groups is 1. The second kappa shape index (κ2) is 8.74. The van der Waals surface area contributed by atoms with Crippen LogP contribution < -0.4 is 0 Å². The van der Waals surface area contributed by atoms with Gasteiger partial charge in [0.15, 0.2) is 0 Å². The van der Waals surface area contributed by atoms with Gasteiger partial charge in [0.1, 0.15) is 22.3 Å². The number of aliphatic carboxylic acids is 1. The molecule has 0 aliphatic rings. The van der Waals surface area contributed by atoms with Gasteiger partial charge in [-0.15, -0.1) is 5.10 Å². The van der Waals surface area contributed by atoms with Crippen LogP contribution in [0, 0.1) is 17.0 Å². The van der Waals surface area contributed by atoms with E-state index in [0.717, 1.165) is 24.6 Å². The van der Waals surface area contributed by atoms with E-state index in [1.165, 1.54) is 12.1 Å². The molecule has 0 aliphatic heterocycles. The third kappa shape index (κ3) is 4.91. The fourth-order valence-corrected chi connectivity index (χ4v) is 3.29. The van der Waals surface area contributed by atoms with E-state index in [9.17, 15) is 20.0 Å². The highest BCUT2D eigenvalue weighted by Crippen LogP contribution is 2.31. The minimum atomic E-state index is -1.14. The first-order chi connectivity index (χ1) is 13.9. The minimum absolute atomic E-state index is 0.00902. The lowest BCUT2D eigenvalue weighted by Gasteiger charge is -2.01. The molecule has 0 aliphatic carbocycles. The van der Waals surface area contributed by atoms with Crippen molar-refractivity contribution in [2.75, 3.05) is 0 Å². The molecule has 2 N–H and O–H groups in total. The first-order valence-corrected chi connectivity index (χ1v) is 9.58. The summed E-state index contributed by atoms with van der Waals surface area (Å²) in [4.78, 5) is 26.5. The molecule has 0 saturated heterocycles. The summed E-state index contributed by atoms with van der Waals surface area (Å²) in [7, 11) is 0. The Labute approximate surface area is 170 Å². The number of nitrogens with one attached hydrogen (secondary N) is 1. The highest BCUT2D eigenvalue weighted by atomic mass is 32.2. The fourth-order valence-electron chi connectivity index (χ4n) is 2.58. The summed E-state index contributed by atoms with van der Waals surface area (Å²) in [5, 5.41) is 27.7. The van der Waals surface area contributed by atoms with Crippen molar-refractivity contribution in [2.24, 2.45) is 0 Å². The number of hydrogen-bond acceptors (Lipinski definition) is 7. The molecular formula is C19H18N4O5S. The Morgan fingerprint density at radius 2 is 2.17 bits per heavy atom. The Morgan fingerprint density at radius 3 is 2.86 bits per heavy atom. The van der Waals surface area contributed by atoms with Crippen LogP contribution in [-0.2, 0) is 11.2 Å². The third-order valence-electron chi connectivity index (χ3n) is 4.00. The van der Waals surface area contributed by atoms with Crippen molar-refractivity contribution >= 4 is 29.5 Å². The van der Waals surface area contributed by atoms with E-state index in [1.807, 2.05) is 6.92 Å². The molecule has 29 heavy (non-hydrogen) atoms. The van der Waals surface area contributed by atoms with Crippen LogP contribution in [0.3, 0.4) is 0 Å². The normalized spacial score (nSPS) is 11.6. The monoisotopic (exact) mass is 414 g/mol. The molecule has 9 nitrogen and oxygen atoms in total. The molecule has 1 aromatic carbocycles. The van der Waals surface area contributed by atoms with Crippen LogP contribution >= 0.6 is 11.8 Å². The van der Waals surface area contributed by atoms with Crippen molar-refractivity contribution in [3.63, 3.8) is 0 Å². The van der Waals surface area contributed by atoms with Gasteiger partial charge < -0.3 is 9.52 Å². The lowest BCUT2D eigenvalue weighted by atomic mass is 10.1. The molecule has 2 heterocycles. The number of rotatable bonds is 8. The number of furan rings is 1. The van der Waals surface area contributed by atoms with Crippen LogP contribution in [0.4, 0.5) is 5.69 Å². The number of benzene rings is 1. The fraction of sp³-hybridized carbons (Fsp3) is 0.211. The minimum Gasteiger partial charge on any atom is -0.477 e. The van der Waals surface area contributed by atoms with Gasteiger partial charge in [-0.05, 0) is 37.2 Å². The molecular weight excluding hydrogens is 396 g/mol. The maximum atomic E-state index is 11.6. The second-order valence-corrected chi connectivity index (χ2v) is 7.20. The number of nitro benzene ring substituents is 1. The molecule has 0 unspecified atom stereocenters. The molecule has 0 fully saturated rings. The summed E-state index contributed by atoms with van der Waals surface area (Å²) in [6.45, 7) is 3.67. The largest absolute Gasteiger partial charge is 0.477 e. The highest BCUT2D eigenvalue weighted by molar-refractivity contribution is 8.04. The van der Waals surface area contributed by atoms with Gasteiger partial charge in [-0.2, -0.15) is 0 Å². The van der Waals surface area contributed by atoms with Crippen molar-refractivity contribution in [1.82, 2.24) is 15.2 Å². The standard InChI is InChI=1S/C19H18N4O5S/c1-3-4-17-20-19(22-21-17)29-16(18(24)25)10-13-7-8-15(28-13)12-6-5-11(2)14(9-12)23(26)27/h5-10H,3-4H2,1-2H3,(H,24,25)(H,20,21,22)/b16-10+. The Kier molecular flexibility index (Phi) is 6.13. The lowest BCUT2D eigenvalue weighted by Crippen LogP contribution is -1.97. The smallest absolute Gasteiger partial charge is 0.342 e. The molecule has 0 bridgehead atoms. The van der Waals surface area contributed by atoms with Gasteiger partial charge >= 0.3 is 5.97 Å². The van der Waals surface area contributed by atoms with Crippen LogP contribution in [0.2, 0.25) is 0 Å². The Bertz CT molecular complexity index is 1090. The zero-order valence-corrected chi connectivity index (χ0v) is 16.5. The van der Waals surface area contributed by atoms with Gasteiger partial charge in [-0.3, -0.25) is 15.2 Å². The predicted octanol–water partition coefficient (Wildman–Crippen LogP) is 4.45. The molecule has 0 atom stereocenters. The molecule has 0 spiro atoms. The Hall–Kier alpha value is -3.40. The van der Waals surface area contributed by atoms with Gasteiger partial charge in [0.25, 0.3) is 5.69 Å². The summed E-state index contributed by atoms with van der Waals surface area (Å²) < 4.78 is 5.68. The van der Waals surface area contributed by atoms with Crippen molar-refractivity contribution in [3.05, 3.63) is 62.5 Å². The summed E-state index contributed by atoms with van der Waals surface area (Å²) in [6, 6.07) is 8.02. The van der Waals surface area contributed by atoms with Crippen molar-refractivity contribution in [3.8, 4) is 11.3 Å². The van der Waals surface area contributed by atoms with Gasteiger partial charge in [0.05, 0.1) is 4.92 Å². The number of aromatic amines is 1. The summed E-state index contributed by atoms with van der Waals surface area (Å²) in [5.41, 5.74) is 1.07. The molecule has 0 saturated carbocycles. The van der Waals surface area contributed by atoms with Crippen LogP contribution in [-0.4, -0.2) is 31.2 Å². The number of carboxylic acid groups (broad SMARTS) is 1. The zero-order chi connectivity index (χ0) is 21.0. The Balaban J connectivity index is 1.85. The topological polar surface area (TPSA) is 135 Å². The van der Waals surface area contributed by atoms with E-state index in [2.05, 4.69) is 15.2 Å². The van der Waals surface area contributed by atoms with Crippen LogP contribution in [0.15, 0.2) is 44.8 Å². The Morgan fingerprint density at radius 1 is 1.38 bits per heavy atom. The van der Waals surface area contributed by atoms with Crippen molar-refractivity contribution in [2.45, 2.75) is 31.8 Å². The van der Waals surface area contributed by atoms with Gasteiger partial charge in [-0.1, -0.05) is 19.1 Å². The SMILES string of the molecule is CCCc1nc(S/C(=C/c2ccc(-c3ccc(C)c([N+](=O)[O-])c3)o2)C(=O)O)n[nH]1. The number of nitro groups is 1. The summed E-state index contributed by atoms with van der Waals surface area (Å²) >= 11 is 0.911. The number of carbonyl (C=O) groups is 1. The first kappa shape index (κ1) is 20.3. The van der Waals surface area contributed by atoms with Gasteiger partial charge in [0.2, 0.25) is 5.16 Å². The van der Waals surface area contributed by atoms with Crippen molar-refractivity contribution < 1.29 is 19.2 Å². The van der Waals surface area contributed by atoms with E-state index in [1.54, 1.807) is 31.2 Å². The first-order valence-electron chi connectivity index (χ1n) is 8.76. The van der Waals surface area contributed by atoms with Crippen LogP contribution in [0.25, 0.3) is 17.4 Å².